The molecule has 0 saturated heterocycles. The SMILES string of the molecule is Cc1ccsc1CCNCCCCN. The molecule has 1 aromatic rings. The summed E-state index contributed by atoms with van der Waals surface area (Å²) in [4.78, 5) is 1.51. The van der Waals surface area contributed by atoms with Crippen molar-refractivity contribution in [3.63, 3.8) is 0 Å². The van der Waals surface area contributed by atoms with Gasteiger partial charge >= 0.3 is 0 Å². The van der Waals surface area contributed by atoms with Crippen molar-refractivity contribution in [2.45, 2.75) is 26.2 Å². The van der Waals surface area contributed by atoms with Crippen LogP contribution in [0.25, 0.3) is 0 Å². The van der Waals surface area contributed by atoms with Crippen LogP contribution < -0.4 is 11.1 Å². The van der Waals surface area contributed by atoms with E-state index in [2.05, 4.69) is 23.7 Å². The molecule has 3 N–H and O–H groups in total. The molecular weight excluding hydrogens is 192 g/mol. The van der Waals surface area contributed by atoms with Crippen molar-refractivity contribution in [3.05, 3.63) is 21.9 Å². The summed E-state index contributed by atoms with van der Waals surface area (Å²) >= 11 is 1.86. The average Bonchev–Trinajstić information content (AvgIpc) is 2.58. The third-order valence-electron chi connectivity index (χ3n) is 2.30. The predicted molar refractivity (Wildman–Crippen MR) is 63.9 cm³/mol. The van der Waals surface area contributed by atoms with Gasteiger partial charge in [0.25, 0.3) is 0 Å². The molecular formula is C11H20N2S. The van der Waals surface area contributed by atoms with Gasteiger partial charge in [-0.05, 0) is 62.8 Å². The number of rotatable bonds is 7. The van der Waals surface area contributed by atoms with E-state index in [1.165, 1.54) is 16.9 Å². The molecule has 0 aliphatic rings. The molecule has 80 valence electrons. The van der Waals surface area contributed by atoms with Crippen LogP contribution >= 0.6 is 11.3 Å². The Morgan fingerprint density at radius 2 is 2.21 bits per heavy atom. The summed E-state index contributed by atoms with van der Waals surface area (Å²) in [7, 11) is 0. The number of nitrogens with two attached hydrogens (primary N) is 1. The lowest BCUT2D eigenvalue weighted by Crippen LogP contribution is -2.19. The normalized spacial score (nSPS) is 10.7. The minimum Gasteiger partial charge on any atom is -0.330 e. The molecule has 2 nitrogen and oxygen atoms in total. The standard InChI is InChI=1S/C11H20N2S/c1-10-5-9-14-11(10)4-8-13-7-3-2-6-12/h5,9,13H,2-4,6-8,12H2,1H3. The Kier molecular flexibility index (Phi) is 5.83. The molecule has 0 aliphatic heterocycles. The van der Waals surface area contributed by atoms with E-state index in [1.807, 2.05) is 11.3 Å². The van der Waals surface area contributed by atoms with Crippen LogP contribution in [-0.4, -0.2) is 19.6 Å². The maximum atomic E-state index is 5.41. The van der Waals surface area contributed by atoms with Gasteiger partial charge in [-0.15, -0.1) is 11.3 Å². The van der Waals surface area contributed by atoms with Gasteiger partial charge in [0.1, 0.15) is 0 Å². The Labute approximate surface area is 90.5 Å². The van der Waals surface area contributed by atoms with Gasteiger partial charge in [0.05, 0.1) is 0 Å². The number of thiophene rings is 1. The molecule has 14 heavy (non-hydrogen) atoms. The van der Waals surface area contributed by atoms with E-state index in [0.717, 1.165) is 32.5 Å². The third-order valence-corrected chi connectivity index (χ3v) is 3.39. The van der Waals surface area contributed by atoms with Crippen molar-refractivity contribution >= 4 is 11.3 Å². The van der Waals surface area contributed by atoms with Crippen molar-refractivity contribution in [3.8, 4) is 0 Å². The second-order valence-corrected chi connectivity index (χ2v) is 4.52. The number of nitrogens with one attached hydrogen (secondary N) is 1. The van der Waals surface area contributed by atoms with E-state index in [-0.39, 0.29) is 0 Å². The molecule has 1 rings (SSSR count). The van der Waals surface area contributed by atoms with Gasteiger partial charge in [-0.25, -0.2) is 0 Å². The third kappa shape index (κ3) is 4.22. The highest BCUT2D eigenvalue weighted by atomic mass is 32.1. The molecule has 0 aliphatic carbocycles. The lowest BCUT2D eigenvalue weighted by Gasteiger charge is -2.03. The number of hydrogen-bond donors (Lipinski definition) is 2. The summed E-state index contributed by atoms with van der Waals surface area (Å²) in [6, 6.07) is 2.19. The van der Waals surface area contributed by atoms with Crippen molar-refractivity contribution in [1.29, 1.82) is 0 Å². The second kappa shape index (κ2) is 6.98. The van der Waals surface area contributed by atoms with E-state index in [9.17, 15) is 0 Å². The summed E-state index contributed by atoms with van der Waals surface area (Å²) in [6.45, 7) is 5.18. The molecule has 0 amide bonds. The van der Waals surface area contributed by atoms with Crippen molar-refractivity contribution in [1.82, 2.24) is 5.32 Å². The van der Waals surface area contributed by atoms with Gasteiger partial charge in [-0.1, -0.05) is 0 Å². The highest BCUT2D eigenvalue weighted by Gasteiger charge is 1.98. The Hall–Kier alpha value is -0.380. The largest absolute Gasteiger partial charge is 0.330 e. The summed E-state index contributed by atoms with van der Waals surface area (Å²) in [5.74, 6) is 0. The second-order valence-electron chi connectivity index (χ2n) is 3.52. The number of unbranched alkanes of at least 4 members (excludes halogenated alkanes) is 1. The first-order valence-electron chi connectivity index (χ1n) is 5.28. The molecule has 3 heteroatoms. The Bertz CT molecular complexity index is 245. The first-order chi connectivity index (χ1) is 6.84. The predicted octanol–water partition coefficient (Wildman–Crippen LogP) is 1.93. The topological polar surface area (TPSA) is 38.0 Å². The average molecular weight is 212 g/mol. The summed E-state index contributed by atoms with van der Waals surface area (Å²) in [5.41, 5.74) is 6.84. The van der Waals surface area contributed by atoms with E-state index >= 15 is 0 Å². The summed E-state index contributed by atoms with van der Waals surface area (Å²) in [6.07, 6.45) is 3.48. The van der Waals surface area contributed by atoms with Crippen LogP contribution in [0.2, 0.25) is 0 Å². The lowest BCUT2D eigenvalue weighted by atomic mass is 10.2. The van der Waals surface area contributed by atoms with E-state index < -0.39 is 0 Å². The van der Waals surface area contributed by atoms with Crippen LogP contribution in [-0.2, 0) is 6.42 Å². The quantitative estimate of drug-likeness (QED) is 0.678. The molecule has 0 fully saturated rings. The zero-order valence-electron chi connectivity index (χ0n) is 8.88. The van der Waals surface area contributed by atoms with Gasteiger partial charge in [-0.3, -0.25) is 0 Å². The molecule has 0 bridgehead atoms. The number of aryl methyl sites for hydroxylation is 1. The smallest absolute Gasteiger partial charge is 0.00870 e. The van der Waals surface area contributed by atoms with Crippen LogP contribution in [0.15, 0.2) is 11.4 Å². The molecule has 0 atom stereocenters. The zero-order chi connectivity index (χ0) is 10.2. The van der Waals surface area contributed by atoms with Crippen LogP contribution in [0.1, 0.15) is 23.3 Å². The first kappa shape index (κ1) is 11.7. The minimum atomic E-state index is 0.811. The van der Waals surface area contributed by atoms with Gasteiger partial charge < -0.3 is 11.1 Å². The van der Waals surface area contributed by atoms with Crippen molar-refractivity contribution < 1.29 is 0 Å². The van der Waals surface area contributed by atoms with Crippen LogP contribution in [0.5, 0.6) is 0 Å². The fraction of sp³-hybridized carbons (Fsp3) is 0.636. The Morgan fingerprint density at radius 3 is 2.86 bits per heavy atom. The molecule has 0 spiro atoms. The lowest BCUT2D eigenvalue weighted by molar-refractivity contribution is 0.628. The fourth-order valence-electron chi connectivity index (χ4n) is 1.38. The van der Waals surface area contributed by atoms with E-state index in [1.54, 1.807) is 0 Å². The molecule has 0 radical (unpaired) electrons. The Morgan fingerprint density at radius 1 is 1.36 bits per heavy atom. The Balaban J connectivity index is 2.02. The van der Waals surface area contributed by atoms with E-state index in [4.69, 9.17) is 5.73 Å². The van der Waals surface area contributed by atoms with Crippen molar-refractivity contribution in [2.24, 2.45) is 5.73 Å². The summed E-state index contributed by atoms with van der Waals surface area (Å²) in [5, 5.41) is 5.60. The maximum Gasteiger partial charge on any atom is 0.00870 e. The van der Waals surface area contributed by atoms with Crippen molar-refractivity contribution in [2.75, 3.05) is 19.6 Å². The molecule has 1 aromatic heterocycles. The van der Waals surface area contributed by atoms with Gasteiger partial charge in [-0.2, -0.15) is 0 Å². The monoisotopic (exact) mass is 212 g/mol. The van der Waals surface area contributed by atoms with Gasteiger partial charge in [0.15, 0.2) is 0 Å². The van der Waals surface area contributed by atoms with Crippen LogP contribution in [0, 0.1) is 6.92 Å². The van der Waals surface area contributed by atoms with Crippen LogP contribution in [0.3, 0.4) is 0 Å². The fourth-order valence-corrected chi connectivity index (χ4v) is 2.29. The van der Waals surface area contributed by atoms with E-state index in [0.29, 0.717) is 0 Å². The minimum absolute atomic E-state index is 0.811. The van der Waals surface area contributed by atoms with Gasteiger partial charge in [0, 0.05) is 4.88 Å². The van der Waals surface area contributed by atoms with Gasteiger partial charge in [0.2, 0.25) is 0 Å². The maximum absolute atomic E-state index is 5.41. The number of hydrogen-bond acceptors (Lipinski definition) is 3. The molecule has 0 aromatic carbocycles. The molecule has 1 heterocycles. The highest BCUT2D eigenvalue weighted by molar-refractivity contribution is 7.10. The van der Waals surface area contributed by atoms with Crippen LogP contribution in [0.4, 0.5) is 0 Å². The molecule has 0 saturated carbocycles. The first-order valence-corrected chi connectivity index (χ1v) is 6.16. The highest BCUT2D eigenvalue weighted by Crippen LogP contribution is 2.15. The zero-order valence-corrected chi connectivity index (χ0v) is 9.70. The molecule has 0 unspecified atom stereocenters. The summed E-state index contributed by atoms with van der Waals surface area (Å²) < 4.78 is 0.